The molecule has 0 aromatic heterocycles. The molecule has 1 aliphatic rings. The van der Waals surface area contributed by atoms with Gasteiger partial charge in [0.2, 0.25) is 0 Å². The average Bonchev–Trinajstić information content (AvgIpc) is 2.75. The van der Waals surface area contributed by atoms with Crippen molar-refractivity contribution in [2.45, 2.75) is 58.6 Å². The topological polar surface area (TPSA) is 58.1 Å². The lowest BCUT2D eigenvalue weighted by atomic mass is 10.1. The largest absolute Gasteiger partial charge is 0.490 e. The van der Waals surface area contributed by atoms with Crippen molar-refractivity contribution >= 4 is 5.96 Å². The summed E-state index contributed by atoms with van der Waals surface area (Å²) in [5, 5.41) is 6.44. The van der Waals surface area contributed by atoms with Gasteiger partial charge in [0.1, 0.15) is 0 Å². The molecule has 1 aromatic carbocycles. The van der Waals surface area contributed by atoms with Crippen molar-refractivity contribution < 1.29 is 18.3 Å². The lowest BCUT2D eigenvalue weighted by Gasteiger charge is -2.26. The van der Waals surface area contributed by atoms with E-state index in [1.165, 1.54) is 51.7 Å². The van der Waals surface area contributed by atoms with E-state index in [2.05, 4.69) is 20.5 Å². The molecule has 0 radical (unpaired) electrons. The molecule has 0 bridgehead atoms. The Kier molecular flexibility index (Phi) is 11.3. The Balaban J connectivity index is 1.73. The molecule has 0 saturated carbocycles. The Hall–Kier alpha value is -2.09. The van der Waals surface area contributed by atoms with Crippen LogP contribution in [-0.2, 0) is 6.54 Å². The number of hydrogen-bond donors (Lipinski definition) is 2. The van der Waals surface area contributed by atoms with Crippen molar-refractivity contribution in [3.05, 3.63) is 23.8 Å². The second-order valence-electron chi connectivity index (χ2n) is 7.37. The Morgan fingerprint density at radius 2 is 1.93 bits per heavy atom. The van der Waals surface area contributed by atoms with Crippen LogP contribution in [-0.4, -0.2) is 57.3 Å². The second kappa shape index (κ2) is 14.0. The van der Waals surface area contributed by atoms with Gasteiger partial charge in [0.25, 0.3) is 0 Å². The van der Waals surface area contributed by atoms with Gasteiger partial charge in [-0.1, -0.05) is 25.0 Å². The predicted molar refractivity (Wildman–Crippen MR) is 117 cm³/mol. The van der Waals surface area contributed by atoms with Crippen LogP contribution in [0.15, 0.2) is 23.2 Å². The molecule has 0 unspecified atom stereocenters. The number of aliphatic imine (C=N–C) groups is 1. The first-order valence-electron chi connectivity index (χ1n) is 11.0. The second-order valence-corrected chi connectivity index (χ2v) is 7.37. The minimum absolute atomic E-state index is 0.0648. The maximum Gasteiger partial charge on any atom is 0.387 e. The average molecular weight is 427 g/mol. The van der Waals surface area contributed by atoms with Gasteiger partial charge in [-0.05, 0) is 58.3 Å². The van der Waals surface area contributed by atoms with Crippen molar-refractivity contribution in [3.8, 4) is 11.5 Å². The van der Waals surface area contributed by atoms with Crippen molar-refractivity contribution in [1.29, 1.82) is 0 Å². The fourth-order valence-electron chi connectivity index (χ4n) is 3.62. The molecular weight excluding hydrogens is 390 g/mol. The molecule has 1 heterocycles. The van der Waals surface area contributed by atoms with E-state index in [0.717, 1.165) is 13.0 Å². The SMILES string of the molecule is CCOc1cccc(CNC(=NC)NCCCCCN2CCCCC2)c1OC(F)F. The molecule has 1 fully saturated rings. The fourth-order valence-corrected chi connectivity index (χ4v) is 3.62. The van der Waals surface area contributed by atoms with Gasteiger partial charge in [0.05, 0.1) is 6.61 Å². The summed E-state index contributed by atoms with van der Waals surface area (Å²) < 4.78 is 35.8. The molecule has 30 heavy (non-hydrogen) atoms. The highest BCUT2D eigenvalue weighted by Crippen LogP contribution is 2.32. The van der Waals surface area contributed by atoms with Crippen LogP contribution in [0.4, 0.5) is 8.78 Å². The molecule has 0 amide bonds. The van der Waals surface area contributed by atoms with E-state index in [4.69, 9.17) is 9.47 Å². The summed E-state index contributed by atoms with van der Waals surface area (Å²) in [6.07, 6.45) is 7.49. The minimum atomic E-state index is -2.91. The van der Waals surface area contributed by atoms with E-state index < -0.39 is 6.61 Å². The summed E-state index contributed by atoms with van der Waals surface area (Å²) in [7, 11) is 1.69. The Labute approximate surface area is 179 Å². The van der Waals surface area contributed by atoms with Crippen LogP contribution in [0.2, 0.25) is 0 Å². The quantitative estimate of drug-likeness (QED) is 0.301. The van der Waals surface area contributed by atoms with Crippen LogP contribution in [0.25, 0.3) is 0 Å². The number of nitrogens with one attached hydrogen (secondary N) is 2. The summed E-state index contributed by atoms with van der Waals surface area (Å²) in [6.45, 7) is 4.07. The molecule has 1 aromatic rings. The minimum Gasteiger partial charge on any atom is -0.490 e. The smallest absolute Gasteiger partial charge is 0.387 e. The van der Waals surface area contributed by atoms with Gasteiger partial charge in [-0.2, -0.15) is 8.78 Å². The Morgan fingerprint density at radius 3 is 2.63 bits per heavy atom. The third-order valence-corrected chi connectivity index (χ3v) is 5.13. The molecule has 1 aliphatic heterocycles. The number of benzene rings is 1. The van der Waals surface area contributed by atoms with E-state index in [-0.39, 0.29) is 5.75 Å². The number of alkyl halides is 2. The highest BCUT2D eigenvalue weighted by Gasteiger charge is 2.16. The number of para-hydroxylation sites is 1. The zero-order chi connectivity index (χ0) is 21.6. The first-order valence-corrected chi connectivity index (χ1v) is 11.0. The number of nitrogens with zero attached hydrogens (tertiary/aromatic N) is 2. The van der Waals surface area contributed by atoms with Crippen molar-refractivity contribution in [2.24, 2.45) is 4.99 Å². The zero-order valence-corrected chi connectivity index (χ0v) is 18.3. The standard InChI is InChI=1S/C22H36F2N4O2/c1-3-29-19-12-10-11-18(20(19)30-21(23)24)17-27-22(25-2)26-13-6-4-7-14-28-15-8-5-9-16-28/h10-12,21H,3-9,13-17H2,1-2H3,(H2,25,26,27). The van der Waals surface area contributed by atoms with Gasteiger partial charge in [-0.3, -0.25) is 4.99 Å². The number of rotatable bonds is 12. The van der Waals surface area contributed by atoms with Crippen LogP contribution in [0.3, 0.4) is 0 Å². The third kappa shape index (κ3) is 8.73. The van der Waals surface area contributed by atoms with E-state index in [0.29, 0.717) is 30.4 Å². The molecule has 2 rings (SSSR count). The van der Waals surface area contributed by atoms with Crippen LogP contribution in [0.5, 0.6) is 11.5 Å². The monoisotopic (exact) mass is 426 g/mol. The zero-order valence-electron chi connectivity index (χ0n) is 18.3. The highest BCUT2D eigenvalue weighted by atomic mass is 19.3. The van der Waals surface area contributed by atoms with Gasteiger partial charge in [-0.25, -0.2) is 0 Å². The van der Waals surface area contributed by atoms with E-state index in [1.807, 2.05) is 0 Å². The molecular formula is C22H36F2N4O2. The normalized spacial score (nSPS) is 15.3. The van der Waals surface area contributed by atoms with Gasteiger partial charge >= 0.3 is 6.61 Å². The maximum atomic E-state index is 12.8. The number of ether oxygens (including phenoxy) is 2. The number of hydrogen-bond acceptors (Lipinski definition) is 4. The lowest BCUT2D eigenvalue weighted by molar-refractivity contribution is -0.0520. The molecule has 2 N–H and O–H groups in total. The van der Waals surface area contributed by atoms with Crippen molar-refractivity contribution in [3.63, 3.8) is 0 Å². The van der Waals surface area contributed by atoms with E-state index in [1.54, 1.807) is 32.2 Å². The summed E-state index contributed by atoms with van der Waals surface area (Å²) in [5.74, 6) is 1.01. The predicted octanol–water partition coefficient (Wildman–Crippen LogP) is 4.01. The van der Waals surface area contributed by atoms with Crippen LogP contribution >= 0.6 is 0 Å². The molecule has 0 aliphatic carbocycles. The molecule has 6 nitrogen and oxygen atoms in total. The third-order valence-electron chi connectivity index (χ3n) is 5.13. The first kappa shape index (κ1) is 24.2. The number of unbranched alkanes of at least 4 members (excludes halogenated alkanes) is 2. The van der Waals surface area contributed by atoms with Crippen molar-refractivity contribution in [2.75, 3.05) is 39.8 Å². The lowest BCUT2D eigenvalue weighted by Crippen LogP contribution is -2.37. The number of likely N-dealkylation sites (tertiary alicyclic amines) is 1. The van der Waals surface area contributed by atoms with Gasteiger partial charge < -0.3 is 25.0 Å². The fraction of sp³-hybridized carbons (Fsp3) is 0.682. The summed E-state index contributed by atoms with van der Waals surface area (Å²) >= 11 is 0. The molecule has 1 saturated heterocycles. The van der Waals surface area contributed by atoms with Crippen LogP contribution in [0, 0.1) is 0 Å². The molecule has 0 atom stereocenters. The maximum absolute atomic E-state index is 12.8. The first-order chi connectivity index (χ1) is 14.6. The van der Waals surface area contributed by atoms with Gasteiger partial charge in [0, 0.05) is 25.7 Å². The number of guanidine groups is 1. The summed E-state index contributed by atoms with van der Waals surface area (Å²) in [6, 6.07) is 5.13. The van der Waals surface area contributed by atoms with E-state index >= 15 is 0 Å². The Bertz CT molecular complexity index is 638. The van der Waals surface area contributed by atoms with Gasteiger partial charge in [-0.15, -0.1) is 0 Å². The van der Waals surface area contributed by atoms with Crippen molar-refractivity contribution in [1.82, 2.24) is 15.5 Å². The van der Waals surface area contributed by atoms with E-state index in [9.17, 15) is 8.78 Å². The molecule has 170 valence electrons. The number of halogens is 2. The van der Waals surface area contributed by atoms with Gasteiger partial charge in [0.15, 0.2) is 17.5 Å². The van der Waals surface area contributed by atoms with Crippen LogP contribution < -0.4 is 20.1 Å². The Morgan fingerprint density at radius 1 is 1.13 bits per heavy atom. The highest BCUT2D eigenvalue weighted by molar-refractivity contribution is 5.79. The van der Waals surface area contributed by atoms with Crippen LogP contribution in [0.1, 0.15) is 51.0 Å². The summed E-state index contributed by atoms with van der Waals surface area (Å²) in [4.78, 5) is 6.77. The molecule has 8 heteroatoms. The number of piperidine rings is 1. The molecule has 0 spiro atoms. The summed E-state index contributed by atoms with van der Waals surface area (Å²) in [5.41, 5.74) is 0.589.